The number of aryl methyl sites for hydroxylation is 1. The summed E-state index contributed by atoms with van der Waals surface area (Å²) in [5, 5.41) is 5.94. The fourth-order valence-electron chi connectivity index (χ4n) is 4.37. The van der Waals surface area contributed by atoms with E-state index in [0.717, 1.165) is 16.0 Å². The van der Waals surface area contributed by atoms with Gasteiger partial charge in [-0.15, -0.1) is 0 Å². The third kappa shape index (κ3) is 3.81. The number of nitrogens with one attached hydrogen (secondary N) is 2. The number of anilines is 1. The number of carbonyl (C=O) groups excluding carboxylic acids is 3. The number of ether oxygens (including phenoxy) is 1. The molecule has 1 aliphatic heterocycles. The van der Waals surface area contributed by atoms with Crippen molar-refractivity contribution in [3.8, 4) is 11.5 Å². The second-order valence-electron chi connectivity index (χ2n) is 7.99. The van der Waals surface area contributed by atoms with Crippen molar-refractivity contribution < 1.29 is 19.1 Å². The van der Waals surface area contributed by atoms with E-state index in [1.165, 1.54) is 0 Å². The number of fused-ring (bicyclic) bond motifs is 2. The van der Waals surface area contributed by atoms with Gasteiger partial charge in [-0.2, -0.15) is 0 Å². The molecule has 0 radical (unpaired) electrons. The lowest BCUT2D eigenvalue weighted by Gasteiger charge is -2.22. The summed E-state index contributed by atoms with van der Waals surface area (Å²) in [5.41, 5.74) is 1.05. The summed E-state index contributed by atoms with van der Waals surface area (Å²) >= 11 is 6.11. The van der Waals surface area contributed by atoms with Crippen LogP contribution in [-0.4, -0.2) is 29.3 Å². The van der Waals surface area contributed by atoms with Crippen LogP contribution in [0.25, 0.3) is 0 Å². The number of imide groups is 1. The lowest BCUT2D eigenvalue weighted by Crippen LogP contribution is -2.43. The molecule has 1 atom stereocenters. The van der Waals surface area contributed by atoms with Gasteiger partial charge < -0.3 is 15.4 Å². The summed E-state index contributed by atoms with van der Waals surface area (Å²) in [4.78, 5) is 39.7. The van der Waals surface area contributed by atoms with Crippen molar-refractivity contribution in [2.45, 2.75) is 18.4 Å². The molecule has 1 unspecified atom stereocenters. The summed E-state index contributed by atoms with van der Waals surface area (Å²) in [5.74, 6) is 0.0186. The molecule has 3 aromatic carbocycles. The molecule has 5 rings (SSSR count). The molecule has 1 fully saturated rings. The van der Waals surface area contributed by atoms with Crippen molar-refractivity contribution in [2.24, 2.45) is 0 Å². The van der Waals surface area contributed by atoms with Gasteiger partial charge in [0.05, 0.1) is 5.69 Å². The molecule has 166 valence electrons. The van der Waals surface area contributed by atoms with Gasteiger partial charge in [0.15, 0.2) is 5.75 Å². The van der Waals surface area contributed by atoms with Gasteiger partial charge in [0.2, 0.25) is 5.91 Å². The largest absolute Gasteiger partial charge is 0.455 e. The first-order valence-corrected chi connectivity index (χ1v) is 10.9. The number of amides is 4. The highest BCUT2D eigenvalue weighted by molar-refractivity contribution is 6.31. The number of benzene rings is 3. The topological polar surface area (TPSA) is 87.7 Å². The summed E-state index contributed by atoms with van der Waals surface area (Å²) in [7, 11) is 0. The molecule has 1 spiro atoms. The Balaban J connectivity index is 1.34. The Labute approximate surface area is 195 Å². The van der Waals surface area contributed by atoms with E-state index in [1.54, 1.807) is 30.3 Å². The van der Waals surface area contributed by atoms with Crippen molar-refractivity contribution >= 4 is 35.1 Å². The standard InChI is InChI=1S/C25H20ClN3O4/c26-17-10-11-21(33-18-7-2-1-3-8-18)20(14-17)27-22(30)15-29-23(31)25(28-24(29)32)13-12-16-6-4-5-9-19(16)25/h1-11,14H,12-13,15H2,(H,27,30)(H,28,32). The first-order valence-electron chi connectivity index (χ1n) is 10.5. The number of urea groups is 1. The quantitative estimate of drug-likeness (QED) is 0.549. The first kappa shape index (κ1) is 21.0. The maximum atomic E-state index is 13.3. The number of nitrogens with zero attached hydrogens (tertiary/aromatic N) is 1. The van der Waals surface area contributed by atoms with Crippen LogP contribution in [0.5, 0.6) is 11.5 Å². The summed E-state index contributed by atoms with van der Waals surface area (Å²) < 4.78 is 5.86. The maximum absolute atomic E-state index is 13.3. The molecule has 1 heterocycles. The maximum Gasteiger partial charge on any atom is 0.325 e. The molecule has 7 nitrogen and oxygen atoms in total. The van der Waals surface area contributed by atoms with Crippen molar-refractivity contribution in [2.75, 3.05) is 11.9 Å². The zero-order valence-electron chi connectivity index (χ0n) is 17.5. The van der Waals surface area contributed by atoms with Crippen LogP contribution < -0.4 is 15.4 Å². The molecular formula is C25H20ClN3O4. The van der Waals surface area contributed by atoms with Crippen LogP contribution in [-0.2, 0) is 21.5 Å². The number of hydrogen-bond acceptors (Lipinski definition) is 4. The minimum atomic E-state index is -1.11. The van der Waals surface area contributed by atoms with E-state index in [2.05, 4.69) is 10.6 Å². The number of para-hydroxylation sites is 1. The van der Waals surface area contributed by atoms with Gasteiger partial charge >= 0.3 is 6.03 Å². The van der Waals surface area contributed by atoms with Crippen molar-refractivity contribution in [1.82, 2.24) is 10.2 Å². The van der Waals surface area contributed by atoms with Crippen LogP contribution in [0.3, 0.4) is 0 Å². The van der Waals surface area contributed by atoms with Crippen LogP contribution in [0.15, 0.2) is 72.8 Å². The Kier molecular flexibility index (Phi) is 5.26. The molecule has 1 aliphatic carbocycles. The van der Waals surface area contributed by atoms with Crippen LogP contribution in [0.1, 0.15) is 17.5 Å². The Morgan fingerprint density at radius 2 is 1.82 bits per heavy atom. The van der Waals surface area contributed by atoms with E-state index in [-0.39, 0.29) is 0 Å². The smallest absolute Gasteiger partial charge is 0.325 e. The average Bonchev–Trinajstić information content (AvgIpc) is 3.29. The Bertz CT molecular complexity index is 1260. The van der Waals surface area contributed by atoms with Crippen LogP contribution in [0.2, 0.25) is 5.02 Å². The normalized spacial score (nSPS) is 18.9. The Morgan fingerprint density at radius 3 is 2.64 bits per heavy atom. The molecule has 0 saturated carbocycles. The van der Waals surface area contributed by atoms with E-state index in [0.29, 0.717) is 35.1 Å². The Morgan fingerprint density at radius 1 is 1.06 bits per heavy atom. The van der Waals surface area contributed by atoms with E-state index in [4.69, 9.17) is 16.3 Å². The van der Waals surface area contributed by atoms with Crippen LogP contribution in [0.4, 0.5) is 10.5 Å². The summed E-state index contributed by atoms with van der Waals surface area (Å²) in [6.45, 7) is -0.425. The molecule has 1 saturated heterocycles. The summed E-state index contributed by atoms with van der Waals surface area (Å²) in [6, 6.07) is 20.9. The number of rotatable bonds is 5. The third-order valence-electron chi connectivity index (χ3n) is 5.91. The second-order valence-corrected chi connectivity index (χ2v) is 8.42. The van der Waals surface area contributed by atoms with E-state index in [1.807, 2.05) is 42.5 Å². The molecule has 2 aliphatic rings. The van der Waals surface area contributed by atoms with Crippen LogP contribution in [0, 0.1) is 0 Å². The van der Waals surface area contributed by atoms with E-state index >= 15 is 0 Å². The summed E-state index contributed by atoms with van der Waals surface area (Å²) in [6.07, 6.45) is 1.16. The zero-order chi connectivity index (χ0) is 23.0. The SMILES string of the molecule is O=C(CN1C(=O)NC2(CCc3ccccc32)C1=O)Nc1cc(Cl)ccc1Oc1ccccc1. The average molecular weight is 462 g/mol. The molecule has 4 amide bonds. The monoisotopic (exact) mass is 461 g/mol. The van der Waals surface area contributed by atoms with Gasteiger partial charge in [0, 0.05) is 5.02 Å². The van der Waals surface area contributed by atoms with E-state index in [9.17, 15) is 14.4 Å². The number of halogens is 1. The molecule has 0 aromatic heterocycles. The fourth-order valence-corrected chi connectivity index (χ4v) is 4.54. The minimum Gasteiger partial charge on any atom is -0.455 e. The molecule has 8 heteroatoms. The number of hydrogen-bond donors (Lipinski definition) is 2. The first-order chi connectivity index (χ1) is 16.0. The molecular weight excluding hydrogens is 442 g/mol. The van der Waals surface area contributed by atoms with Crippen molar-refractivity contribution in [3.63, 3.8) is 0 Å². The zero-order valence-corrected chi connectivity index (χ0v) is 18.3. The van der Waals surface area contributed by atoms with Crippen molar-refractivity contribution in [3.05, 3.63) is 88.9 Å². The molecule has 3 aromatic rings. The van der Waals surface area contributed by atoms with Crippen LogP contribution >= 0.6 is 11.6 Å². The highest BCUT2D eigenvalue weighted by atomic mass is 35.5. The van der Waals surface area contributed by atoms with Gasteiger partial charge in [-0.3, -0.25) is 14.5 Å². The lowest BCUT2D eigenvalue weighted by molar-refractivity contribution is -0.134. The highest BCUT2D eigenvalue weighted by Gasteiger charge is 2.55. The van der Waals surface area contributed by atoms with Gasteiger partial charge in [-0.1, -0.05) is 54.1 Å². The van der Waals surface area contributed by atoms with Gasteiger partial charge in [-0.05, 0) is 54.3 Å². The molecule has 2 N–H and O–H groups in total. The van der Waals surface area contributed by atoms with Gasteiger partial charge in [-0.25, -0.2) is 4.79 Å². The highest BCUT2D eigenvalue weighted by Crippen LogP contribution is 2.41. The minimum absolute atomic E-state index is 0.337. The second kappa shape index (κ2) is 8.26. The number of carbonyl (C=O) groups is 3. The predicted molar refractivity (Wildman–Crippen MR) is 123 cm³/mol. The van der Waals surface area contributed by atoms with Crippen molar-refractivity contribution in [1.29, 1.82) is 0 Å². The predicted octanol–water partition coefficient (Wildman–Crippen LogP) is 4.46. The van der Waals surface area contributed by atoms with Gasteiger partial charge in [0.25, 0.3) is 5.91 Å². The fraction of sp³-hybridized carbons (Fsp3) is 0.160. The molecule has 0 bridgehead atoms. The molecule has 33 heavy (non-hydrogen) atoms. The van der Waals surface area contributed by atoms with E-state index < -0.39 is 29.9 Å². The Hall–Kier alpha value is -3.84. The van der Waals surface area contributed by atoms with Gasteiger partial charge in [0.1, 0.15) is 17.8 Å². The third-order valence-corrected chi connectivity index (χ3v) is 6.15. The lowest BCUT2D eigenvalue weighted by atomic mass is 9.92.